The van der Waals surface area contributed by atoms with Crippen molar-refractivity contribution in [1.29, 1.82) is 0 Å². The van der Waals surface area contributed by atoms with Crippen molar-refractivity contribution >= 4 is 17.5 Å². The lowest BCUT2D eigenvalue weighted by Crippen LogP contribution is -2.34. The van der Waals surface area contributed by atoms with Crippen LogP contribution in [0.1, 0.15) is 62.7 Å². The first kappa shape index (κ1) is 20.4. The third-order valence-electron chi connectivity index (χ3n) is 5.29. The van der Waals surface area contributed by atoms with Gasteiger partial charge in [0.2, 0.25) is 5.91 Å². The highest BCUT2D eigenvalue weighted by Crippen LogP contribution is 2.28. The van der Waals surface area contributed by atoms with E-state index in [1.807, 2.05) is 0 Å². The molecular weight excluding hydrogens is 326 g/mol. The molecule has 0 heterocycles. The molecule has 1 saturated carbocycles. The number of anilines is 1. The van der Waals surface area contributed by atoms with Crippen LogP contribution < -0.4 is 10.6 Å². The highest BCUT2D eigenvalue weighted by molar-refractivity contribution is 5.95. The molecule has 1 aliphatic carbocycles. The number of nitrogens with one attached hydrogen (secondary N) is 2. The summed E-state index contributed by atoms with van der Waals surface area (Å²) in [5.41, 5.74) is 1.37. The Morgan fingerprint density at radius 2 is 1.73 bits per heavy atom. The van der Waals surface area contributed by atoms with E-state index < -0.39 is 0 Å². The monoisotopic (exact) mass is 359 g/mol. The minimum absolute atomic E-state index is 0.0633. The Morgan fingerprint density at radius 3 is 2.35 bits per heavy atom. The number of benzene rings is 1. The van der Waals surface area contributed by atoms with Gasteiger partial charge in [0.05, 0.1) is 0 Å². The summed E-state index contributed by atoms with van der Waals surface area (Å²) in [6, 6.07) is 7.12. The molecule has 0 atom stereocenters. The second-order valence-electron chi connectivity index (χ2n) is 7.10. The third kappa shape index (κ3) is 6.79. The average molecular weight is 360 g/mol. The molecule has 5 nitrogen and oxygen atoms in total. The van der Waals surface area contributed by atoms with Gasteiger partial charge in [-0.1, -0.05) is 39.5 Å². The molecule has 1 aromatic rings. The van der Waals surface area contributed by atoms with Gasteiger partial charge < -0.3 is 15.5 Å². The number of rotatable bonds is 10. The first-order valence-electron chi connectivity index (χ1n) is 10.0. The van der Waals surface area contributed by atoms with Crippen LogP contribution in [0.2, 0.25) is 0 Å². The molecule has 0 bridgehead atoms. The number of carbonyl (C=O) groups is 2. The second kappa shape index (κ2) is 11.0. The van der Waals surface area contributed by atoms with E-state index >= 15 is 0 Å². The summed E-state index contributed by atoms with van der Waals surface area (Å²) in [5.74, 6) is 0.716. The van der Waals surface area contributed by atoms with Gasteiger partial charge in [0.1, 0.15) is 0 Å². The van der Waals surface area contributed by atoms with Crippen LogP contribution in [0.15, 0.2) is 24.3 Å². The molecule has 1 aliphatic rings. The maximum absolute atomic E-state index is 12.2. The Labute approximate surface area is 157 Å². The van der Waals surface area contributed by atoms with Gasteiger partial charge in [0, 0.05) is 30.8 Å². The summed E-state index contributed by atoms with van der Waals surface area (Å²) in [4.78, 5) is 26.5. The van der Waals surface area contributed by atoms with Gasteiger partial charge in [-0.25, -0.2) is 0 Å². The molecule has 2 rings (SSSR count). The Hall–Kier alpha value is -1.88. The van der Waals surface area contributed by atoms with Crippen LogP contribution in [-0.4, -0.2) is 42.9 Å². The maximum Gasteiger partial charge on any atom is 0.251 e. The highest BCUT2D eigenvalue weighted by atomic mass is 16.2. The lowest BCUT2D eigenvalue weighted by Gasteiger charge is -2.18. The van der Waals surface area contributed by atoms with E-state index in [2.05, 4.69) is 29.4 Å². The zero-order valence-electron chi connectivity index (χ0n) is 16.2. The minimum Gasteiger partial charge on any atom is -0.351 e. The van der Waals surface area contributed by atoms with Crippen LogP contribution in [0.4, 0.5) is 5.69 Å². The predicted molar refractivity (Wildman–Crippen MR) is 106 cm³/mol. The van der Waals surface area contributed by atoms with Crippen LogP contribution in [0.25, 0.3) is 0 Å². The third-order valence-corrected chi connectivity index (χ3v) is 5.29. The number of carbonyl (C=O) groups excluding carboxylic acids is 2. The molecular formula is C21H33N3O2. The molecule has 1 aromatic carbocycles. The number of amides is 2. The van der Waals surface area contributed by atoms with Gasteiger partial charge >= 0.3 is 0 Å². The fourth-order valence-electron chi connectivity index (χ4n) is 3.53. The minimum atomic E-state index is -0.0729. The highest BCUT2D eigenvalue weighted by Gasteiger charge is 2.16. The fraction of sp³-hybridized carbons (Fsp3) is 0.619. The van der Waals surface area contributed by atoms with E-state index in [0.29, 0.717) is 18.5 Å². The number of nitrogens with zero attached hydrogens (tertiary/aromatic N) is 1. The zero-order valence-corrected chi connectivity index (χ0v) is 16.2. The SMILES string of the molecule is CCN(CC)CCNC(=O)c1ccc(NC(=O)CCC2CCCC2)cc1. The standard InChI is InChI=1S/C21H33N3O2/c1-3-24(4-2)16-15-22-21(26)18-10-12-19(13-11-18)23-20(25)14-9-17-7-5-6-8-17/h10-13,17H,3-9,14-16H2,1-2H3,(H,22,26)(H,23,25). The van der Waals surface area contributed by atoms with Gasteiger partial charge in [-0.15, -0.1) is 0 Å². The van der Waals surface area contributed by atoms with Crippen molar-refractivity contribution in [2.75, 3.05) is 31.5 Å². The normalized spacial score (nSPS) is 14.6. The number of likely N-dealkylation sites (N-methyl/N-ethyl adjacent to an activating group) is 1. The van der Waals surface area contributed by atoms with Crippen molar-refractivity contribution in [3.63, 3.8) is 0 Å². The molecule has 0 spiro atoms. The molecule has 0 saturated heterocycles. The first-order valence-corrected chi connectivity index (χ1v) is 10.0. The summed E-state index contributed by atoms with van der Waals surface area (Å²) in [7, 11) is 0. The molecule has 144 valence electrons. The van der Waals surface area contributed by atoms with Gasteiger partial charge in [0.25, 0.3) is 5.91 Å². The van der Waals surface area contributed by atoms with Crippen LogP contribution >= 0.6 is 0 Å². The summed E-state index contributed by atoms with van der Waals surface area (Å²) >= 11 is 0. The van der Waals surface area contributed by atoms with Gasteiger partial charge in [0.15, 0.2) is 0 Å². The second-order valence-corrected chi connectivity index (χ2v) is 7.10. The lowest BCUT2D eigenvalue weighted by atomic mass is 10.0. The Morgan fingerprint density at radius 1 is 1.08 bits per heavy atom. The Bertz CT molecular complexity index is 561. The zero-order chi connectivity index (χ0) is 18.8. The van der Waals surface area contributed by atoms with E-state index in [9.17, 15) is 9.59 Å². The van der Waals surface area contributed by atoms with Gasteiger partial charge in [-0.05, 0) is 49.7 Å². The van der Waals surface area contributed by atoms with Gasteiger partial charge in [-0.3, -0.25) is 9.59 Å². The van der Waals surface area contributed by atoms with Crippen LogP contribution in [0.3, 0.4) is 0 Å². The summed E-state index contributed by atoms with van der Waals surface area (Å²) in [6.45, 7) is 7.70. The lowest BCUT2D eigenvalue weighted by molar-refractivity contribution is -0.116. The molecule has 0 aromatic heterocycles. The molecule has 0 unspecified atom stereocenters. The molecule has 2 amide bonds. The Balaban J connectivity index is 1.72. The predicted octanol–water partition coefficient (Wildman–Crippen LogP) is 3.67. The van der Waals surface area contributed by atoms with E-state index in [1.165, 1.54) is 25.7 Å². The van der Waals surface area contributed by atoms with Crippen molar-refractivity contribution in [3.8, 4) is 0 Å². The summed E-state index contributed by atoms with van der Waals surface area (Å²) in [5, 5.41) is 5.87. The Kier molecular flexibility index (Phi) is 8.62. The molecule has 2 N–H and O–H groups in total. The van der Waals surface area contributed by atoms with Gasteiger partial charge in [-0.2, -0.15) is 0 Å². The number of hydrogen-bond donors (Lipinski definition) is 2. The van der Waals surface area contributed by atoms with Crippen molar-refractivity contribution in [3.05, 3.63) is 29.8 Å². The summed E-state index contributed by atoms with van der Waals surface area (Å²) in [6.07, 6.45) is 6.73. The smallest absolute Gasteiger partial charge is 0.251 e. The van der Waals surface area contributed by atoms with Crippen LogP contribution in [0.5, 0.6) is 0 Å². The molecule has 26 heavy (non-hydrogen) atoms. The van der Waals surface area contributed by atoms with E-state index in [4.69, 9.17) is 0 Å². The number of hydrogen-bond acceptors (Lipinski definition) is 3. The van der Waals surface area contributed by atoms with Crippen LogP contribution in [-0.2, 0) is 4.79 Å². The van der Waals surface area contributed by atoms with Crippen LogP contribution in [0, 0.1) is 5.92 Å². The molecule has 5 heteroatoms. The van der Waals surface area contributed by atoms with Crippen molar-refractivity contribution in [1.82, 2.24) is 10.2 Å². The maximum atomic E-state index is 12.2. The topological polar surface area (TPSA) is 61.4 Å². The average Bonchev–Trinajstić information content (AvgIpc) is 3.18. The van der Waals surface area contributed by atoms with E-state index in [-0.39, 0.29) is 11.8 Å². The van der Waals surface area contributed by atoms with Crippen molar-refractivity contribution in [2.45, 2.75) is 52.4 Å². The first-order chi connectivity index (χ1) is 12.6. The quantitative estimate of drug-likeness (QED) is 0.670. The van der Waals surface area contributed by atoms with Crippen molar-refractivity contribution < 1.29 is 9.59 Å². The fourth-order valence-corrected chi connectivity index (χ4v) is 3.53. The van der Waals surface area contributed by atoms with E-state index in [1.54, 1.807) is 24.3 Å². The molecule has 1 fully saturated rings. The summed E-state index contributed by atoms with van der Waals surface area (Å²) < 4.78 is 0. The molecule has 0 aliphatic heterocycles. The molecule has 0 radical (unpaired) electrons. The largest absolute Gasteiger partial charge is 0.351 e. The van der Waals surface area contributed by atoms with E-state index in [0.717, 1.165) is 37.7 Å². The van der Waals surface area contributed by atoms with Crippen molar-refractivity contribution in [2.24, 2.45) is 5.92 Å².